The van der Waals surface area contributed by atoms with E-state index in [4.69, 9.17) is 0 Å². The molecule has 0 aromatic carbocycles. The first-order valence-corrected chi connectivity index (χ1v) is 7.62. The summed E-state index contributed by atoms with van der Waals surface area (Å²) in [6, 6.07) is 5.89. The number of fused-ring (bicyclic) bond motifs is 1. The van der Waals surface area contributed by atoms with Crippen molar-refractivity contribution < 1.29 is 4.79 Å². The number of carbonyl (C=O) groups excluding carboxylic acids is 1. The van der Waals surface area contributed by atoms with Gasteiger partial charge in [0, 0.05) is 18.0 Å². The summed E-state index contributed by atoms with van der Waals surface area (Å²) in [6.07, 6.45) is 2.10. The Hall–Kier alpha value is -0.980. The monoisotopic (exact) mass is 338 g/mol. The van der Waals surface area contributed by atoms with E-state index in [1.165, 1.54) is 6.42 Å². The molecule has 3 rings (SSSR count). The molecule has 2 heterocycles. The minimum absolute atomic E-state index is 0.0148. The number of nitrogens with one attached hydrogen (secondary N) is 2. The van der Waals surface area contributed by atoms with Crippen LogP contribution in [0.1, 0.15) is 12.8 Å². The van der Waals surface area contributed by atoms with Crippen molar-refractivity contribution in [3.63, 3.8) is 0 Å². The van der Waals surface area contributed by atoms with E-state index in [-0.39, 0.29) is 11.9 Å². The van der Waals surface area contributed by atoms with Crippen LogP contribution in [0.3, 0.4) is 0 Å². The number of hydrogen-bond donors (Lipinski definition) is 2. The zero-order chi connectivity index (χ0) is 14.3. The van der Waals surface area contributed by atoms with Crippen LogP contribution in [0, 0.1) is 5.41 Å². The fourth-order valence-electron chi connectivity index (χ4n) is 3.25. The van der Waals surface area contributed by atoms with E-state index in [0.29, 0.717) is 17.3 Å². The Bertz CT molecular complexity index is 536. The third-order valence-electron chi connectivity index (χ3n) is 4.12. The predicted molar refractivity (Wildman–Crippen MR) is 81.5 cm³/mol. The first kappa shape index (κ1) is 14.0. The molecule has 1 saturated heterocycles. The van der Waals surface area contributed by atoms with Crippen molar-refractivity contribution in [3.05, 3.63) is 22.8 Å². The molecule has 1 amide bonds. The molecule has 0 spiro atoms. The van der Waals surface area contributed by atoms with Gasteiger partial charge in [-0.1, -0.05) is 6.07 Å². The second-order valence-electron chi connectivity index (χ2n) is 6.12. The fraction of sp³-hybridized carbons (Fsp3) is 0.571. The Morgan fingerprint density at radius 2 is 2.35 bits per heavy atom. The number of halogens is 1. The number of rotatable bonds is 4. The molecular formula is C14H19BrN4O. The van der Waals surface area contributed by atoms with E-state index in [0.717, 1.165) is 17.6 Å². The molecule has 2 aliphatic rings. The minimum atomic E-state index is -0.102. The number of pyridine rings is 1. The number of hydrogen-bond acceptors (Lipinski definition) is 4. The zero-order valence-corrected chi connectivity index (χ0v) is 13.3. The van der Waals surface area contributed by atoms with Crippen molar-refractivity contribution in [2.24, 2.45) is 5.41 Å². The van der Waals surface area contributed by atoms with Crippen molar-refractivity contribution in [1.29, 1.82) is 0 Å². The van der Waals surface area contributed by atoms with Gasteiger partial charge in [0.05, 0.1) is 6.04 Å². The summed E-state index contributed by atoms with van der Waals surface area (Å²) in [5.74, 6) is 0.606. The maximum atomic E-state index is 12.3. The molecule has 2 fully saturated rings. The molecule has 6 heteroatoms. The van der Waals surface area contributed by atoms with Crippen LogP contribution in [0.4, 0.5) is 5.82 Å². The van der Waals surface area contributed by atoms with Gasteiger partial charge in [0.2, 0.25) is 5.91 Å². The molecule has 108 valence electrons. The second kappa shape index (κ2) is 5.09. The number of aromatic nitrogens is 1. The van der Waals surface area contributed by atoms with Crippen LogP contribution in [-0.4, -0.2) is 48.5 Å². The quantitative estimate of drug-likeness (QED) is 0.816. The Balaban J connectivity index is 1.60. The van der Waals surface area contributed by atoms with E-state index in [1.807, 2.05) is 12.1 Å². The molecular weight excluding hydrogens is 320 g/mol. The van der Waals surface area contributed by atoms with Gasteiger partial charge in [-0.25, -0.2) is 4.98 Å². The molecule has 1 aliphatic heterocycles. The Morgan fingerprint density at radius 1 is 1.55 bits per heavy atom. The van der Waals surface area contributed by atoms with E-state index in [9.17, 15) is 4.79 Å². The largest absolute Gasteiger partial charge is 0.309 e. The third kappa shape index (κ3) is 2.73. The lowest BCUT2D eigenvalue weighted by Crippen LogP contribution is -2.38. The summed E-state index contributed by atoms with van der Waals surface area (Å²) >= 11 is 3.30. The lowest BCUT2D eigenvalue weighted by molar-refractivity contribution is -0.118. The zero-order valence-electron chi connectivity index (χ0n) is 11.7. The van der Waals surface area contributed by atoms with Crippen LogP contribution in [-0.2, 0) is 4.79 Å². The lowest BCUT2D eigenvalue weighted by atomic mass is 9.99. The number of amides is 1. The average molecular weight is 339 g/mol. The van der Waals surface area contributed by atoms with Crippen molar-refractivity contribution in [1.82, 2.24) is 15.2 Å². The molecule has 5 nitrogen and oxygen atoms in total. The number of carbonyl (C=O) groups is 1. The SMILES string of the molecule is CN(C)CC12CC1N[C@H](C(=O)Nc1cccc(Br)n1)C2. The predicted octanol–water partition coefficient (Wildman–Crippen LogP) is 1.46. The van der Waals surface area contributed by atoms with Gasteiger partial charge in [0.1, 0.15) is 10.4 Å². The van der Waals surface area contributed by atoms with Crippen molar-refractivity contribution in [2.75, 3.05) is 26.0 Å². The highest BCUT2D eigenvalue weighted by Gasteiger charge is 2.61. The Labute approximate surface area is 127 Å². The minimum Gasteiger partial charge on any atom is -0.309 e. The number of nitrogens with zero attached hydrogens (tertiary/aromatic N) is 2. The number of piperidine rings is 1. The lowest BCUT2D eigenvalue weighted by Gasteiger charge is -2.19. The molecule has 1 aromatic rings. The third-order valence-corrected chi connectivity index (χ3v) is 4.56. The Morgan fingerprint density at radius 3 is 3.05 bits per heavy atom. The summed E-state index contributed by atoms with van der Waals surface area (Å²) in [5, 5.41) is 6.31. The van der Waals surface area contributed by atoms with Gasteiger partial charge in [-0.2, -0.15) is 0 Å². The van der Waals surface area contributed by atoms with Gasteiger partial charge >= 0.3 is 0 Å². The van der Waals surface area contributed by atoms with Gasteiger partial charge in [0.25, 0.3) is 0 Å². The number of anilines is 1. The highest BCUT2D eigenvalue weighted by atomic mass is 79.9. The molecule has 3 atom stereocenters. The van der Waals surface area contributed by atoms with E-state index < -0.39 is 0 Å². The van der Waals surface area contributed by atoms with Crippen LogP contribution in [0.25, 0.3) is 0 Å². The maximum absolute atomic E-state index is 12.3. The molecule has 1 aliphatic carbocycles. The summed E-state index contributed by atoms with van der Waals surface area (Å²) in [5.41, 5.74) is 0.302. The highest BCUT2D eigenvalue weighted by molar-refractivity contribution is 9.10. The van der Waals surface area contributed by atoms with E-state index in [2.05, 4.69) is 50.5 Å². The molecule has 1 saturated carbocycles. The smallest absolute Gasteiger partial charge is 0.242 e. The molecule has 20 heavy (non-hydrogen) atoms. The summed E-state index contributed by atoms with van der Waals surface area (Å²) in [6.45, 7) is 1.05. The van der Waals surface area contributed by atoms with Gasteiger partial charge in [0.15, 0.2) is 0 Å². The molecule has 2 unspecified atom stereocenters. The van der Waals surface area contributed by atoms with Gasteiger partial charge in [-0.3, -0.25) is 4.79 Å². The molecule has 1 aromatic heterocycles. The maximum Gasteiger partial charge on any atom is 0.242 e. The fourth-order valence-corrected chi connectivity index (χ4v) is 3.59. The first-order chi connectivity index (χ1) is 9.48. The van der Waals surface area contributed by atoms with Crippen LogP contribution >= 0.6 is 15.9 Å². The van der Waals surface area contributed by atoms with E-state index in [1.54, 1.807) is 6.07 Å². The second-order valence-corrected chi connectivity index (χ2v) is 6.93. The summed E-state index contributed by atoms with van der Waals surface area (Å²) < 4.78 is 0.724. The van der Waals surface area contributed by atoms with Gasteiger partial charge in [-0.05, 0) is 55.0 Å². The van der Waals surface area contributed by atoms with Gasteiger partial charge in [-0.15, -0.1) is 0 Å². The van der Waals surface area contributed by atoms with Crippen LogP contribution < -0.4 is 10.6 Å². The van der Waals surface area contributed by atoms with E-state index >= 15 is 0 Å². The van der Waals surface area contributed by atoms with Crippen LogP contribution in [0.5, 0.6) is 0 Å². The summed E-state index contributed by atoms with van der Waals surface area (Å²) in [7, 11) is 4.17. The average Bonchev–Trinajstić information content (AvgIpc) is 2.88. The summed E-state index contributed by atoms with van der Waals surface area (Å²) in [4.78, 5) is 18.7. The molecule has 0 radical (unpaired) electrons. The van der Waals surface area contributed by atoms with Crippen LogP contribution in [0.2, 0.25) is 0 Å². The topological polar surface area (TPSA) is 57.3 Å². The standard InChI is InChI=1S/C14H19BrN4O/c1-19(2)8-14-6-9(16-10(14)7-14)13(20)18-12-5-3-4-11(15)17-12/h3-5,9-10,16H,6-8H2,1-2H3,(H,17,18,20)/t9-,10?,14?/m0/s1. The van der Waals surface area contributed by atoms with Crippen molar-refractivity contribution >= 4 is 27.7 Å². The van der Waals surface area contributed by atoms with Crippen molar-refractivity contribution in [3.8, 4) is 0 Å². The first-order valence-electron chi connectivity index (χ1n) is 6.83. The normalized spacial score (nSPS) is 31.2. The molecule has 0 bridgehead atoms. The highest BCUT2D eigenvalue weighted by Crippen LogP contribution is 2.54. The Kier molecular flexibility index (Phi) is 3.56. The molecule has 2 N–H and O–H groups in total. The van der Waals surface area contributed by atoms with Crippen LogP contribution in [0.15, 0.2) is 22.8 Å². The van der Waals surface area contributed by atoms with Crippen molar-refractivity contribution in [2.45, 2.75) is 24.9 Å². The van der Waals surface area contributed by atoms with Gasteiger partial charge < -0.3 is 15.5 Å².